The third-order valence-electron chi connectivity index (χ3n) is 2.41. The third kappa shape index (κ3) is 3.48. The van der Waals surface area contributed by atoms with Crippen LogP contribution in [0, 0.1) is 10.1 Å². The largest absolute Gasteiger partial charge is 0.294 e. The van der Waals surface area contributed by atoms with Crippen LogP contribution in [0.3, 0.4) is 0 Å². The van der Waals surface area contributed by atoms with Crippen molar-refractivity contribution in [3.05, 3.63) is 57.4 Å². The van der Waals surface area contributed by atoms with Crippen LogP contribution in [0.2, 0.25) is 5.15 Å². The molecule has 0 spiro atoms. The molecule has 0 fully saturated rings. The zero-order valence-corrected chi connectivity index (χ0v) is 10.9. The van der Waals surface area contributed by atoms with E-state index < -0.39 is 10.8 Å². The summed E-state index contributed by atoms with van der Waals surface area (Å²) in [6.07, 6.45) is 1.25. The summed E-state index contributed by atoms with van der Waals surface area (Å²) in [5.41, 5.74) is 0.215. The average Bonchev–Trinajstić information content (AvgIpc) is 2.38. The summed E-state index contributed by atoms with van der Waals surface area (Å²) in [6.45, 7) is 0. The van der Waals surface area contributed by atoms with Gasteiger partial charge in [-0.25, -0.2) is 9.97 Å². The number of nitrogens with zero attached hydrogens (tertiary/aromatic N) is 3. The van der Waals surface area contributed by atoms with Gasteiger partial charge in [-0.2, -0.15) is 0 Å². The summed E-state index contributed by atoms with van der Waals surface area (Å²) >= 11 is 5.66. The fourth-order valence-electron chi connectivity index (χ4n) is 1.58. The maximum absolute atomic E-state index is 11.8. The molecule has 1 aromatic carbocycles. The predicted molar refractivity (Wildman–Crippen MR) is 72.5 cm³/mol. The number of para-hydroxylation sites is 1. The Bertz CT molecular complexity index is 663. The van der Waals surface area contributed by atoms with Crippen LogP contribution < -0.4 is 5.32 Å². The zero-order chi connectivity index (χ0) is 14.5. The number of nitro groups is 1. The van der Waals surface area contributed by atoms with Crippen LogP contribution >= 0.6 is 11.6 Å². The number of rotatable bonds is 4. The lowest BCUT2D eigenvalue weighted by atomic mass is 10.1. The van der Waals surface area contributed by atoms with Crippen molar-refractivity contribution >= 4 is 29.1 Å². The summed E-state index contributed by atoms with van der Waals surface area (Å²) in [5.74, 6) is -0.400. The highest BCUT2D eigenvalue weighted by Gasteiger charge is 2.16. The minimum atomic E-state index is -0.529. The normalized spacial score (nSPS) is 10.1. The Balaban J connectivity index is 2.11. The van der Waals surface area contributed by atoms with Crippen LogP contribution in [0.4, 0.5) is 11.6 Å². The van der Waals surface area contributed by atoms with Crippen LogP contribution in [0.25, 0.3) is 0 Å². The molecule has 0 saturated heterocycles. The number of aromatic nitrogens is 2. The molecule has 2 rings (SSSR count). The number of carbonyl (C=O) groups is 1. The number of nitrogens with one attached hydrogen (secondary N) is 1. The van der Waals surface area contributed by atoms with Crippen LogP contribution in [0.15, 0.2) is 36.5 Å². The summed E-state index contributed by atoms with van der Waals surface area (Å²) < 4.78 is 0. The first-order valence-electron chi connectivity index (χ1n) is 5.57. The second-order valence-electron chi connectivity index (χ2n) is 3.81. The van der Waals surface area contributed by atoms with Gasteiger partial charge in [-0.1, -0.05) is 29.8 Å². The molecular weight excluding hydrogens is 284 g/mol. The first kappa shape index (κ1) is 13.9. The van der Waals surface area contributed by atoms with Crippen LogP contribution in [0.1, 0.15) is 5.56 Å². The van der Waals surface area contributed by atoms with Crippen molar-refractivity contribution < 1.29 is 9.72 Å². The summed E-state index contributed by atoms with van der Waals surface area (Å²) in [5, 5.41) is 13.5. The lowest BCUT2D eigenvalue weighted by Crippen LogP contribution is -2.17. The van der Waals surface area contributed by atoms with Gasteiger partial charge in [0.1, 0.15) is 5.15 Å². The topological polar surface area (TPSA) is 98.0 Å². The van der Waals surface area contributed by atoms with E-state index in [0.29, 0.717) is 5.56 Å². The van der Waals surface area contributed by atoms with E-state index >= 15 is 0 Å². The molecule has 0 bridgehead atoms. The molecular formula is C12H9ClN4O3. The van der Waals surface area contributed by atoms with Crippen molar-refractivity contribution in [2.75, 3.05) is 5.32 Å². The zero-order valence-electron chi connectivity index (χ0n) is 10.1. The Kier molecular flexibility index (Phi) is 4.21. The van der Waals surface area contributed by atoms with E-state index in [1.165, 1.54) is 24.4 Å². The molecule has 102 valence electrons. The third-order valence-corrected chi connectivity index (χ3v) is 2.62. The highest BCUT2D eigenvalue weighted by atomic mass is 35.5. The van der Waals surface area contributed by atoms with Crippen molar-refractivity contribution in [2.24, 2.45) is 0 Å². The minimum absolute atomic E-state index is 0.0566. The van der Waals surface area contributed by atoms with Gasteiger partial charge in [0.05, 0.1) is 11.3 Å². The van der Waals surface area contributed by atoms with Gasteiger partial charge in [0.2, 0.25) is 11.9 Å². The first-order chi connectivity index (χ1) is 9.56. The van der Waals surface area contributed by atoms with Gasteiger partial charge in [-0.3, -0.25) is 20.2 Å². The Morgan fingerprint density at radius 2 is 2.10 bits per heavy atom. The molecule has 1 aromatic heterocycles. The van der Waals surface area contributed by atoms with Gasteiger partial charge in [0, 0.05) is 17.8 Å². The molecule has 0 aliphatic carbocycles. The number of hydrogen-bond acceptors (Lipinski definition) is 5. The summed E-state index contributed by atoms with van der Waals surface area (Å²) in [7, 11) is 0. The Morgan fingerprint density at radius 3 is 2.80 bits per heavy atom. The summed E-state index contributed by atoms with van der Waals surface area (Å²) in [6, 6.07) is 7.51. The lowest BCUT2D eigenvalue weighted by Gasteiger charge is -2.04. The molecule has 1 heterocycles. The van der Waals surface area contributed by atoms with E-state index in [9.17, 15) is 14.9 Å². The molecule has 7 nitrogen and oxygen atoms in total. The van der Waals surface area contributed by atoms with Gasteiger partial charge < -0.3 is 0 Å². The Hall–Kier alpha value is -2.54. The molecule has 0 saturated carbocycles. The number of nitro benzene ring substituents is 1. The Morgan fingerprint density at radius 1 is 1.35 bits per heavy atom. The smallest absolute Gasteiger partial charge is 0.273 e. The average molecular weight is 293 g/mol. The van der Waals surface area contributed by atoms with E-state index in [1.54, 1.807) is 12.1 Å². The fraction of sp³-hybridized carbons (Fsp3) is 0.0833. The van der Waals surface area contributed by atoms with E-state index in [1.807, 2.05) is 0 Å². The standard InChI is InChI=1S/C12H9ClN4O3/c13-10-5-6-14-12(15-10)16-11(18)7-8-3-1-2-4-9(8)17(19)20/h1-6H,7H2,(H,14,15,16,18). The number of benzene rings is 1. The number of carbonyl (C=O) groups excluding carboxylic acids is 1. The quantitative estimate of drug-likeness (QED) is 0.529. The van der Waals surface area contributed by atoms with E-state index in [-0.39, 0.29) is 23.2 Å². The van der Waals surface area contributed by atoms with Crippen molar-refractivity contribution in [1.29, 1.82) is 0 Å². The Labute approximate surface area is 118 Å². The van der Waals surface area contributed by atoms with E-state index in [2.05, 4.69) is 15.3 Å². The van der Waals surface area contributed by atoms with Crippen molar-refractivity contribution in [3.63, 3.8) is 0 Å². The molecule has 1 N–H and O–H groups in total. The molecule has 2 aromatic rings. The maximum atomic E-state index is 11.8. The second-order valence-corrected chi connectivity index (χ2v) is 4.20. The van der Waals surface area contributed by atoms with Crippen LogP contribution in [-0.4, -0.2) is 20.8 Å². The van der Waals surface area contributed by atoms with E-state index in [4.69, 9.17) is 11.6 Å². The van der Waals surface area contributed by atoms with Gasteiger partial charge in [0.25, 0.3) is 5.69 Å². The van der Waals surface area contributed by atoms with Gasteiger partial charge >= 0.3 is 0 Å². The van der Waals surface area contributed by atoms with Gasteiger partial charge in [0.15, 0.2) is 0 Å². The second kappa shape index (κ2) is 6.07. The molecule has 0 aliphatic heterocycles. The van der Waals surface area contributed by atoms with Crippen molar-refractivity contribution in [2.45, 2.75) is 6.42 Å². The fourth-order valence-corrected chi connectivity index (χ4v) is 1.71. The molecule has 0 aliphatic rings. The lowest BCUT2D eigenvalue weighted by molar-refractivity contribution is -0.385. The molecule has 1 amide bonds. The highest BCUT2D eigenvalue weighted by Crippen LogP contribution is 2.18. The monoisotopic (exact) mass is 292 g/mol. The number of anilines is 1. The number of amides is 1. The molecule has 0 radical (unpaired) electrons. The van der Waals surface area contributed by atoms with Gasteiger partial charge in [-0.05, 0) is 6.07 Å². The van der Waals surface area contributed by atoms with Crippen LogP contribution in [0.5, 0.6) is 0 Å². The van der Waals surface area contributed by atoms with Crippen molar-refractivity contribution in [1.82, 2.24) is 9.97 Å². The number of halogens is 1. The van der Waals surface area contributed by atoms with Crippen molar-refractivity contribution in [3.8, 4) is 0 Å². The number of hydrogen-bond donors (Lipinski definition) is 1. The predicted octanol–water partition coefficient (Wildman–Crippen LogP) is 2.22. The maximum Gasteiger partial charge on any atom is 0.273 e. The van der Waals surface area contributed by atoms with Crippen LogP contribution in [-0.2, 0) is 11.2 Å². The van der Waals surface area contributed by atoms with E-state index in [0.717, 1.165) is 0 Å². The van der Waals surface area contributed by atoms with Gasteiger partial charge in [-0.15, -0.1) is 0 Å². The molecule has 0 atom stereocenters. The minimum Gasteiger partial charge on any atom is -0.294 e. The summed E-state index contributed by atoms with van der Waals surface area (Å²) in [4.78, 5) is 29.7. The molecule has 8 heteroatoms. The highest BCUT2D eigenvalue weighted by molar-refractivity contribution is 6.29. The SMILES string of the molecule is O=C(Cc1ccccc1[N+](=O)[O-])Nc1nccc(Cl)n1. The molecule has 20 heavy (non-hydrogen) atoms. The molecule has 0 unspecified atom stereocenters. The first-order valence-corrected chi connectivity index (χ1v) is 5.95.